The molecular weight excluding hydrogens is 312 g/mol. The topological polar surface area (TPSA) is 61.3 Å². The van der Waals surface area contributed by atoms with E-state index >= 15 is 0 Å². The molecule has 0 amide bonds. The van der Waals surface area contributed by atoms with E-state index in [1.165, 1.54) is 0 Å². The first-order valence-corrected chi connectivity index (χ1v) is 9.18. The quantitative estimate of drug-likeness (QED) is 0.872. The van der Waals surface area contributed by atoms with Crippen molar-refractivity contribution in [2.45, 2.75) is 52.1 Å². The molecule has 0 radical (unpaired) electrons. The second-order valence-corrected chi connectivity index (χ2v) is 6.86. The first-order chi connectivity index (χ1) is 12.1. The molecule has 1 aliphatic heterocycles. The molecule has 25 heavy (non-hydrogen) atoms. The minimum absolute atomic E-state index is 0.196. The smallest absolute Gasteiger partial charge is 0.132 e. The van der Waals surface area contributed by atoms with Gasteiger partial charge in [-0.25, -0.2) is 9.97 Å². The fourth-order valence-corrected chi connectivity index (χ4v) is 3.63. The van der Waals surface area contributed by atoms with Crippen LogP contribution in [0.4, 0.5) is 5.82 Å². The number of aryl methyl sites for hydroxylation is 2. The number of hydrogen-bond acceptors (Lipinski definition) is 5. The van der Waals surface area contributed by atoms with Crippen molar-refractivity contribution in [1.82, 2.24) is 15.3 Å². The van der Waals surface area contributed by atoms with Gasteiger partial charge in [0.2, 0.25) is 0 Å². The van der Waals surface area contributed by atoms with Crippen molar-refractivity contribution >= 4 is 5.82 Å². The van der Waals surface area contributed by atoms with Crippen molar-refractivity contribution in [3.63, 3.8) is 0 Å². The lowest BCUT2D eigenvalue weighted by atomic mass is 9.98. The molecule has 0 saturated carbocycles. The van der Waals surface area contributed by atoms with Crippen LogP contribution < -0.4 is 10.2 Å². The molecule has 134 valence electrons. The number of anilines is 1. The minimum Gasteiger partial charge on any atom is -0.508 e. The largest absolute Gasteiger partial charge is 0.508 e. The van der Waals surface area contributed by atoms with Crippen LogP contribution in [0.15, 0.2) is 30.3 Å². The second kappa shape index (κ2) is 7.83. The molecule has 1 aromatic heterocycles. The molecule has 0 bridgehead atoms. The molecule has 5 heteroatoms. The SMILES string of the molecule is CC[C@@H](NC1CCN(c2cc(C)nc(C)n2)CC1)c1ccccc1O. The van der Waals surface area contributed by atoms with E-state index in [2.05, 4.69) is 33.2 Å². The highest BCUT2D eigenvalue weighted by Crippen LogP contribution is 2.28. The van der Waals surface area contributed by atoms with Crippen LogP contribution in [-0.2, 0) is 0 Å². The average Bonchev–Trinajstić information content (AvgIpc) is 2.60. The highest BCUT2D eigenvalue weighted by molar-refractivity contribution is 5.40. The van der Waals surface area contributed by atoms with Crippen LogP contribution in [0, 0.1) is 13.8 Å². The van der Waals surface area contributed by atoms with Crippen molar-refractivity contribution in [2.24, 2.45) is 0 Å². The summed E-state index contributed by atoms with van der Waals surface area (Å²) in [6.07, 6.45) is 3.11. The van der Waals surface area contributed by atoms with Crippen molar-refractivity contribution in [3.8, 4) is 5.75 Å². The fraction of sp³-hybridized carbons (Fsp3) is 0.500. The van der Waals surface area contributed by atoms with Gasteiger partial charge in [-0.15, -0.1) is 0 Å². The summed E-state index contributed by atoms with van der Waals surface area (Å²) < 4.78 is 0. The van der Waals surface area contributed by atoms with Gasteiger partial charge in [-0.05, 0) is 39.2 Å². The lowest BCUT2D eigenvalue weighted by molar-refractivity contribution is 0.355. The maximum Gasteiger partial charge on any atom is 0.132 e. The molecule has 2 heterocycles. The molecule has 2 N–H and O–H groups in total. The van der Waals surface area contributed by atoms with E-state index in [9.17, 15) is 5.11 Å². The van der Waals surface area contributed by atoms with Gasteiger partial charge in [0, 0.05) is 42.5 Å². The highest BCUT2D eigenvalue weighted by Gasteiger charge is 2.23. The number of phenols is 1. The number of rotatable bonds is 5. The van der Waals surface area contributed by atoms with Crippen LogP contribution >= 0.6 is 0 Å². The van der Waals surface area contributed by atoms with Crippen LogP contribution in [-0.4, -0.2) is 34.2 Å². The van der Waals surface area contributed by atoms with Crippen LogP contribution in [0.2, 0.25) is 0 Å². The summed E-state index contributed by atoms with van der Waals surface area (Å²) in [5, 5.41) is 13.9. The molecule has 1 fully saturated rings. The number of aromatic nitrogens is 2. The van der Waals surface area contributed by atoms with Gasteiger partial charge in [0.05, 0.1) is 0 Å². The zero-order valence-electron chi connectivity index (χ0n) is 15.4. The first-order valence-electron chi connectivity index (χ1n) is 9.18. The highest BCUT2D eigenvalue weighted by atomic mass is 16.3. The maximum absolute atomic E-state index is 10.1. The van der Waals surface area contributed by atoms with E-state index in [0.717, 1.165) is 55.3 Å². The lowest BCUT2D eigenvalue weighted by Crippen LogP contribution is -2.44. The van der Waals surface area contributed by atoms with Gasteiger partial charge in [-0.3, -0.25) is 0 Å². The summed E-state index contributed by atoms with van der Waals surface area (Å²) >= 11 is 0. The van der Waals surface area contributed by atoms with Crippen LogP contribution in [0.25, 0.3) is 0 Å². The normalized spacial score (nSPS) is 16.8. The monoisotopic (exact) mass is 340 g/mol. The second-order valence-electron chi connectivity index (χ2n) is 6.86. The average molecular weight is 340 g/mol. The molecule has 3 rings (SSSR count). The number of benzene rings is 1. The molecule has 1 aromatic carbocycles. The Kier molecular flexibility index (Phi) is 5.53. The summed E-state index contributed by atoms with van der Waals surface area (Å²) in [5.41, 5.74) is 2.02. The molecular formula is C20H28N4O. The third-order valence-electron chi connectivity index (χ3n) is 4.93. The fourth-order valence-electron chi connectivity index (χ4n) is 3.63. The molecule has 0 unspecified atom stereocenters. The number of hydrogen-bond donors (Lipinski definition) is 2. The lowest BCUT2D eigenvalue weighted by Gasteiger charge is -2.35. The minimum atomic E-state index is 0.196. The van der Waals surface area contributed by atoms with Crippen molar-refractivity contribution in [1.29, 1.82) is 0 Å². The standard InChI is InChI=1S/C20H28N4O/c1-4-18(17-7-5-6-8-19(17)25)23-16-9-11-24(12-10-16)20-13-14(2)21-15(3)22-20/h5-8,13,16,18,23,25H,4,9-12H2,1-3H3/t18-/m1/s1. The molecule has 1 saturated heterocycles. The van der Waals surface area contributed by atoms with Gasteiger partial charge in [0.25, 0.3) is 0 Å². The summed E-state index contributed by atoms with van der Waals surface area (Å²) in [6, 6.07) is 10.4. The Morgan fingerprint density at radius 3 is 2.56 bits per heavy atom. The van der Waals surface area contributed by atoms with Gasteiger partial charge in [-0.2, -0.15) is 0 Å². The molecule has 0 spiro atoms. The van der Waals surface area contributed by atoms with Crippen LogP contribution in [0.1, 0.15) is 49.3 Å². The predicted octanol–water partition coefficient (Wildman–Crippen LogP) is 3.51. The zero-order valence-corrected chi connectivity index (χ0v) is 15.4. The Morgan fingerprint density at radius 2 is 1.92 bits per heavy atom. The van der Waals surface area contributed by atoms with Gasteiger partial charge >= 0.3 is 0 Å². The van der Waals surface area contributed by atoms with Gasteiger partial charge in [0.1, 0.15) is 17.4 Å². The van der Waals surface area contributed by atoms with Gasteiger partial charge in [-0.1, -0.05) is 25.1 Å². The molecule has 5 nitrogen and oxygen atoms in total. The zero-order chi connectivity index (χ0) is 17.8. The van der Waals surface area contributed by atoms with Crippen LogP contribution in [0.3, 0.4) is 0 Å². The number of aromatic hydroxyl groups is 1. The van der Waals surface area contributed by atoms with E-state index < -0.39 is 0 Å². The van der Waals surface area contributed by atoms with E-state index in [1.54, 1.807) is 6.07 Å². The van der Waals surface area contributed by atoms with E-state index in [1.807, 2.05) is 32.0 Å². The molecule has 1 atom stereocenters. The third kappa shape index (κ3) is 4.28. The van der Waals surface area contributed by atoms with Crippen molar-refractivity contribution < 1.29 is 5.11 Å². The summed E-state index contributed by atoms with van der Waals surface area (Å²) in [4.78, 5) is 11.3. The molecule has 1 aliphatic rings. The molecule has 2 aromatic rings. The Labute approximate surface area is 150 Å². The van der Waals surface area contributed by atoms with Gasteiger partial charge in [0.15, 0.2) is 0 Å². The number of phenolic OH excluding ortho intramolecular Hbond substituents is 1. The summed E-state index contributed by atoms with van der Waals surface area (Å²) in [6.45, 7) is 8.11. The Bertz CT molecular complexity index is 690. The van der Waals surface area contributed by atoms with E-state index in [4.69, 9.17) is 0 Å². The summed E-state index contributed by atoms with van der Waals surface area (Å²) in [5.74, 6) is 2.25. The number of nitrogens with zero attached hydrogens (tertiary/aromatic N) is 3. The van der Waals surface area contributed by atoms with Crippen LogP contribution in [0.5, 0.6) is 5.75 Å². The Hall–Kier alpha value is -2.14. The Morgan fingerprint density at radius 1 is 1.20 bits per heavy atom. The van der Waals surface area contributed by atoms with Crippen molar-refractivity contribution in [2.75, 3.05) is 18.0 Å². The molecule has 0 aliphatic carbocycles. The maximum atomic E-state index is 10.1. The number of para-hydroxylation sites is 1. The Balaban J connectivity index is 1.61. The number of nitrogens with one attached hydrogen (secondary N) is 1. The van der Waals surface area contributed by atoms with E-state index in [0.29, 0.717) is 11.8 Å². The van der Waals surface area contributed by atoms with Gasteiger partial charge < -0.3 is 15.3 Å². The summed E-state index contributed by atoms with van der Waals surface area (Å²) in [7, 11) is 0. The number of piperidine rings is 1. The third-order valence-corrected chi connectivity index (χ3v) is 4.93. The van der Waals surface area contributed by atoms with Crippen molar-refractivity contribution in [3.05, 3.63) is 47.4 Å². The predicted molar refractivity (Wildman–Crippen MR) is 101 cm³/mol. The first kappa shape index (κ1) is 17.7. The van der Waals surface area contributed by atoms with E-state index in [-0.39, 0.29) is 6.04 Å².